The van der Waals surface area contributed by atoms with Crippen molar-refractivity contribution in [3.05, 3.63) is 59.5 Å². The van der Waals surface area contributed by atoms with Crippen LogP contribution in [-0.2, 0) is 11.3 Å². The minimum Gasteiger partial charge on any atom is -0.467 e. The Kier molecular flexibility index (Phi) is 5.38. The monoisotopic (exact) mass is 273 g/mol. The molecule has 2 rings (SSSR count). The van der Waals surface area contributed by atoms with E-state index in [-0.39, 0.29) is 5.91 Å². The molecule has 0 radical (unpaired) electrons. The molecule has 0 saturated carbocycles. The number of amides is 1. The van der Waals surface area contributed by atoms with Gasteiger partial charge in [-0.15, -0.1) is 0 Å². The van der Waals surface area contributed by atoms with Crippen LogP contribution < -0.4 is 5.32 Å². The summed E-state index contributed by atoms with van der Waals surface area (Å²) < 4.78 is 10.6. The molecule has 0 atom stereocenters. The first-order chi connectivity index (χ1) is 9.75. The number of benzene rings is 1. The summed E-state index contributed by atoms with van der Waals surface area (Å²) in [5.74, 6) is 0.772. The largest absolute Gasteiger partial charge is 0.467 e. The van der Waals surface area contributed by atoms with Crippen LogP contribution in [0.15, 0.2) is 47.1 Å². The van der Waals surface area contributed by atoms with Crippen LogP contribution in [0.5, 0.6) is 0 Å². The van der Waals surface area contributed by atoms with Gasteiger partial charge in [0.1, 0.15) is 12.4 Å². The third kappa shape index (κ3) is 4.55. The van der Waals surface area contributed by atoms with Crippen molar-refractivity contribution in [3.63, 3.8) is 0 Å². The van der Waals surface area contributed by atoms with Crippen LogP contribution in [0.3, 0.4) is 0 Å². The van der Waals surface area contributed by atoms with Gasteiger partial charge >= 0.3 is 0 Å². The summed E-state index contributed by atoms with van der Waals surface area (Å²) in [5.41, 5.74) is 1.78. The van der Waals surface area contributed by atoms with Gasteiger partial charge in [-0.3, -0.25) is 4.79 Å². The predicted molar refractivity (Wildman–Crippen MR) is 76.5 cm³/mol. The molecule has 4 heteroatoms. The fourth-order valence-electron chi connectivity index (χ4n) is 1.83. The second kappa shape index (κ2) is 7.50. The fraction of sp³-hybridized carbons (Fsp3) is 0.312. The van der Waals surface area contributed by atoms with Gasteiger partial charge < -0.3 is 14.5 Å². The van der Waals surface area contributed by atoms with Gasteiger partial charge in [0.25, 0.3) is 5.91 Å². The predicted octanol–water partition coefficient (Wildman–Crippen LogP) is 2.92. The Morgan fingerprint density at radius 1 is 1.30 bits per heavy atom. The molecule has 1 aromatic carbocycles. The molecule has 106 valence electrons. The number of carbonyl (C=O) groups is 1. The molecule has 0 saturated heterocycles. The molecular weight excluding hydrogens is 254 g/mol. The number of hydrogen-bond donors (Lipinski definition) is 1. The van der Waals surface area contributed by atoms with E-state index in [1.165, 1.54) is 0 Å². The SMILES string of the molecule is Cc1cccc(C(=O)NCCCOCc2ccco2)c1. The summed E-state index contributed by atoms with van der Waals surface area (Å²) in [6, 6.07) is 11.3. The van der Waals surface area contributed by atoms with Crippen molar-refractivity contribution < 1.29 is 13.9 Å². The van der Waals surface area contributed by atoms with E-state index >= 15 is 0 Å². The van der Waals surface area contributed by atoms with E-state index in [1.807, 2.05) is 43.3 Å². The summed E-state index contributed by atoms with van der Waals surface area (Å²) in [6.45, 7) is 3.64. The second-order valence-electron chi connectivity index (χ2n) is 4.61. The van der Waals surface area contributed by atoms with E-state index < -0.39 is 0 Å². The lowest BCUT2D eigenvalue weighted by molar-refractivity contribution is 0.0917. The summed E-state index contributed by atoms with van der Waals surface area (Å²) in [5, 5.41) is 2.88. The van der Waals surface area contributed by atoms with E-state index in [4.69, 9.17) is 9.15 Å². The number of nitrogens with one attached hydrogen (secondary N) is 1. The van der Waals surface area contributed by atoms with Crippen molar-refractivity contribution in [1.82, 2.24) is 5.32 Å². The molecule has 0 aliphatic rings. The van der Waals surface area contributed by atoms with E-state index in [9.17, 15) is 4.79 Å². The standard InChI is InChI=1S/C16H19NO3/c1-13-5-2-6-14(11-13)16(18)17-8-4-9-19-12-15-7-3-10-20-15/h2-3,5-7,10-11H,4,8-9,12H2,1H3,(H,17,18). The quantitative estimate of drug-likeness (QED) is 0.789. The number of rotatable bonds is 7. The summed E-state index contributed by atoms with van der Waals surface area (Å²) in [4.78, 5) is 11.8. The molecule has 20 heavy (non-hydrogen) atoms. The van der Waals surface area contributed by atoms with Crippen molar-refractivity contribution in [2.45, 2.75) is 20.0 Å². The maximum absolute atomic E-state index is 11.8. The van der Waals surface area contributed by atoms with Crippen LogP contribution in [0.1, 0.15) is 28.1 Å². The second-order valence-corrected chi connectivity index (χ2v) is 4.61. The van der Waals surface area contributed by atoms with Crippen LogP contribution in [0.2, 0.25) is 0 Å². The minimum absolute atomic E-state index is 0.0419. The molecule has 1 heterocycles. The highest BCUT2D eigenvalue weighted by Gasteiger charge is 2.04. The third-order valence-corrected chi connectivity index (χ3v) is 2.86. The first kappa shape index (κ1) is 14.3. The molecule has 0 bridgehead atoms. The Morgan fingerprint density at radius 3 is 2.95 bits per heavy atom. The third-order valence-electron chi connectivity index (χ3n) is 2.86. The molecule has 0 aliphatic heterocycles. The highest BCUT2D eigenvalue weighted by atomic mass is 16.5. The zero-order chi connectivity index (χ0) is 14.2. The van der Waals surface area contributed by atoms with Gasteiger partial charge in [0.15, 0.2) is 0 Å². The molecule has 2 aromatic rings. The van der Waals surface area contributed by atoms with Crippen LogP contribution >= 0.6 is 0 Å². The van der Waals surface area contributed by atoms with Crippen molar-refractivity contribution in [2.75, 3.05) is 13.2 Å². The van der Waals surface area contributed by atoms with E-state index in [0.717, 1.165) is 17.7 Å². The molecule has 1 N–H and O–H groups in total. The Bertz CT molecular complexity index is 534. The Balaban J connectivity index is 1.60. The number of hydrogen-bond acceptors (Lipinski definition) is 3. The summed E-state index contributed by atoms with van der Waals surface area (Å²) >= 11 is 0. The Hall–Kier alpha value is -2.07. The first-order valence-corrected chi connectivity index (χ1v) is 6.71. The van der Waals surface area contributed by atoms with Gasteiger partial charge in [0.05, 0.1) is 6.26 Å². The summed E-state index contributed by atoms with van der Waals surface area (Å²) in [6.07, 6.45) is 2.40. The molecule has 1 aromatic heterocycles. The van der Waals surface area contributed by atoms with Crippen LogP contribution in [0.4, 0.5) is 0 Å². The van der Waals surface area contributed by atoms with Crippen LogP contribution in [0.25, 0.3) is 0 Å². The molecule has 0 unspecified atom stereocenters. The van der Waals surface area contributed by atoms with Gasteiger partial charge in [-0.2, -0.15) is 0 Å². The van der Waals surface area contributed by atoms with Gasteiger partial charge in [-0.1, -0.05) is 17.7 Å². The lowest BCUT2D eigenvalue weighted by Crippen LogP contribution is -2.25. The minimum atomic E-state index is -0.0419. The molecule has 0 spiro atoms. The number of aryl methyl sites for hydroxylation is 1. The highest BCUT2D eigenvalue weighted by Crippen LogP contribution is 2.04. The van der Waals surface area contributed by atoms with Gasteiger partial charge in [-0.25, -0.2) is 0 Å². The topological polar surface area (TPSA) is 51.5 Å². The van der Waals surface area contributed by atoms with Crippen LogP contribution in [0, 0.1) is 6.92 Å². The first-order valence-electron chi connectivity index (χ1n) is 6.71. The Labute approximate surface area is 118 Å². The number of carbonyl (C=O) groups excluding carboxylic acids is 1. The highest BCUT2D eigenvalue weighted by molar-refractivity contribution is 5.94. The van der Waals surface area contributed by atoms with Gasteiger partial charge in [-0.05, 0) is 37.6 Å². The smallest absolute Gasteiger partial charge is 0.251 e. The lowest BCUT2D eigenvalue weighted by atomic mass is 10.1. The summed E-state index contributed by atoms with van der Waals surface area (Å²) in [7, 11) is 0. The molecular formula is C16H19NO3. The average Bonchev–Trinajstić information content (AvgIpc) is 2.95. The van der Waals surface area contributed by atoms with Gasteiger partial charge in [0.2, 0.25) is 0 Å². The van der Waals surface area contributed by atoms with Crippen molar-refractivity contribution in [3.8, 4) is 0 Å². The van der Waals surface area contributed by atoms with Crippen LogP contribution in [-0.4, -0.2) is 19.1 Å². The molecule has 0 aliphatic carbocycles. The zero-order valence-corrected chi connectivity index (χ0v) is 11.6. The number of ether oxygens (including phenoxy) is 1. The fourth-order valence-corrected chi connectivity index (χ4v) is 1.83. The number of furan rings is 1. The van der Waals surface area contributed by atoms with E-state index in [2.05, 4.69) is 5.32 Å². The van der Waals surface area contributed by atoms with E-state index in [1.54, 1.807) is 6.26 Å². The molecule has 1 amide bonds. The molecule has 4 nitrogen and oxygen atoms in total. The Morgan fingerprint density at radius 2 is 2.20 bits per heavy atom. The van der Waals surface area contributed by atoms with Crippen molar-refractivity contribution >= 4 is 5.91 Å². The van der Waals surface area contributed by atoms with Crippen molar-refractivity contribution in [2.24, 2.45) is 0 Å². The van der Waals surface area contributed by atoms with Gasteiger partial charge in [0, 0.05) is 18.7 Å². The molecule has 0 fully saturated rings. The lowest BCUT2D eigenvalue weighted by Gasteiger charge is -2.06. The maximum atomic E-state index is 11.8. The maximum Gasteiger partial charge on any atom is 0.251 e. The van der Waals surface area contributed by atoms with E-state index in [0.29, 0.717) is 25.3 Å². The average molecular weight is 273 g/mol. The van der Waals surface area contributed by atoms with Crippen molar-refractivity contribution in [1.29, 1.82) is 0 Å². The normalized spacial score (nSPS) is 10.4. The zero-order valence-electron chi connectivity index (χ0n) is 11.6.